The van der Waals surface area contributed by atoms with Crippen molar-refractivity contribution in [3.05, 3.63) is 0 Å². The first-order valence-electron chi connectivity index (χ1n) is 5.70. The third-order valence-corrected chi connectivity index (χ3v) is 2.03. The van der Waals surface area contributed by atoms with Crippen molar-refractivity contribution in [1.29, 1.82) is 0 Å². The van der Waals surface area contributed by atoms with Gasteiger partial charge in [-0.25, -0.2) is 9.98 Å². The molecule has 0 aromatic carbocycles. The molecule has 0 aromatic rings. The number of aliphatic carboxylic acids is 1. The van der Waals surface area contributed by atoms with E-state index < -0.39 is 17.8 Å². The molecule has 0 spiro atoms. The van der Waals surface area contributed by atoms with E-state index in [1.54, 1.807) is 0 Å². The molecule has 0 aliphatic heterocycles. The molecule has 0 aliphatic carbocycles. The number of aliphatic imine (C=N–C) groups is 2. The molecule has 0 rings (SSSR count). The quantitative estimate of drug-likeness (QED) is 0.696. The van der Waals surface area contributed by atoms with E-state index in [1.807, 2.05) is 13.8 Å². The molecular weight excluding hydrogens is 236 g/mol. The maximum atomic E-state index is 11.4. The monoisotopic (exact) mass is 254 g/mol. The van der Waals surface area contributed by atoms with Gasteiger partial charge in [0.25, 0.3) is 5.91 Å². The number of amides is 2. The number of carbonyl (C=O) groups excluding carboxylic acids is 2. The summed E-state index contributed by atoms with van der Waals surface area (Å²) in [7, 11) is 0. The summed E-state index contributed by atoms with van der Waals surface area (Å²) in [4.78, 5) is 40.0. The van der Waals surface area contributed by atoms with E-state index in [2.05, 4.69) is 16.7 Å². The highest BCUT2D eigenvalue weighted by molar-refractivity contribution is 6.41. The minimum absolute atomic E-state index is 0.0122. The van der Waals surface area contributed by atoms with Crippen molar-refractivity contribution < 1.29 is 19.5 Å². The Hall–Kier alpha value is -1.85. The predicted octanol–water partition coefficient (Wildman–Crippen LogP) is 1.48. The summed E-state index contributed by atoms with van der Waals surface area (Å²) in [5, 5.41) is 8.43. The molecule has 18 heavy (non-hydrogen) atoms. The van der Waals surface area contributed by atoms with Gasteiger partial charge in [0, 0.05) is 12.8 Å². The zero-order valence-corrected chi connectivity index (χ0v) is 10.7. The highest BCUT2D eigenvalue weighted by atomic mass is 16.4. The van der Waals surface area contributed by atoms with Gasteiger partial charge < -0.3 is 5.11 Å². The van der Waals surface area contributed by atoms with Crippen LogP contribution in [-0.2, 0) is 14.4 Å². The summed E-state index contributed by atoms with van der Waals surface area (Å²) < 4.78 is 0. The maximum absolute atomic E-state index is 11.4. The lowest BCUT2D eigenvalue weighted by atomic mass is 10.1. The van der Waals surface area contributed by atoms with E-state index in [9.17, 15) is 14.4 Å². The molecule has 0 unspecified atom stereocenters. The molecule has 0 bridgehead atoms. The first-order chi connectivity index (χ1) is 8.36. The summed E-state index contributed by atoms with van der Waals surface area (Å²) >= 11 is 0. The van der Waals surface area contributed by atoms with Crippen LogP contribution in [0.2, 0.25) is 0 Å². The molecule has 1 N–H and O–H groups in total. The summed E-state index contributed by atoms with van der Waals surface area (Å²) in [6, 6.07) is 0. The highest BCUT2D eigenvalue weighted by Crippen LogP contribution is 2.05. The molecule has 0 aliphatic rings. The van der Waals surface area contributed by atoms with E-state index in [0.29, 0.717) is 6.42 Å². The Labute approximate surface area is 106 Å². The number of nitrogens with zero attached hydrogens (tertiary/aromatic N) is 2. The number of carbonyl (C=O) groups is 3. The van der Waals surface area contributed by atoms with Crippen LogP contribution in [0.4, 0.5) is 0 Å². The van der Waals surface area contributed by atoms with E-state index in [1.165, 1.54) is 0 Å². The lowest BCUT2D eigenvalue weighted by Gasteiger charge is -2.04. The van der Waals surface area contributed by atoms with E-state index >= 15 is 0 Å². The molecule has 100 valence electrons. The second-order valence-corrected chi connectivity index (χ2v) is 4.26. The van der Waals surface area contributed by atoms with Crippen LogP contribution in [-0.4, -0.2) is 35.3 Å². The Morgan fingerprint density at radius 1 is 1.22 bits per heavy atom. The van der Waals surface area contributed by atoms with Gasteiger partial charge in [-0.05, 0) is 25.5 Å². The summed E-state index contributed by atoms with van der Waals surface area (Å²) in [5.41, 5.74) is 0.0836. The maximum Gasteiger partial charge on any atom is 0.303 e. The second kappa shape index (κ2) is 8.27. The minimum Gasteiger partial charge on any atom is -0.481 e. The largest absolute Gasteiger partial charge is 0.481 e. The number of carboxylic acid groups (broad SMARTS) is 1. The van der Waals surface area contributed by atoms with Gasteiger partial charge in [0.1, 0.15) is 5.71 Å². The van der Waals surface area contributed by atoms with Gasteiger partial charge in [0.2, 0.25) is 5.91 Å². The molecule has 0 aromatic heterocycles. The van der Waals surface area contributed by atoms with Gasteiger partial charge in [-0.3, -0.25) is 14.4 Å². The normalized spacial score (nSPS) is 11.4. The number of carboxylic acids is 1. The minimum atomic E-state index is -0.960. The van der Waals surface area contributed by atoms with Crippen molar-refractivity contribution in [2.75, 3.05) is 0 Å². The number of hydrogen-bond acceptors (Lipinski definition) is 3. The van der Waals surface area contributed by atoms with Gasteiger partial charge in [0.05, 0.1) is 0 Å². The molecule has 2 amide bonds. The van der Waals surface area contributed by atoms with E-state index in [-0.39, 0.29) is 30.9 Å². The van der Waals surface area contributed by atoms with Crippen molar-refractivity contribution in [2.24, 2.45) is 15.9 Å². The van der Waals surface area contributed by atoms with Crippen molar-refractivity contribution >= 4 is 30.2 Å². The van der Waals surface area contributed by atoms with Crippen LogP contribution in [0.25, 0.3) is 0 Å². The third-order valence-electron chi connectivity index (χ3n) is 2.03. The van der Waals surface area contributed by atoms with Crippen LogP contribution < -0.4 is 0 Å². The van der Waals surface area contributed by atoms with E-state index in [0.717, 1.165) is 0 Å². The Morgan fingerprint density at radius 2 is 1.83 bits per heavy atom. The van der Waals surface area contributed by atoms with Crippen LogP contribution in [0.5, 0.6) is 0 Å². The second-order valence-electron chi connectivity index (χ2n) is 4.26. The number of hydrogen-bond donors (Lipinski definition) is 1. The Morgan fingerprint density at radius 3 is 2.28 bits per heavy atom. The van der Waals surface area contributed by atoms with Gasteiger partial charge in [0.15, 0.2) is 0 Å². The van der Waals surface area contributed by atoms with Gasteiger partial charge in [-0.2, -0.15) is 0 Å². The molecule has 0 heterocycles. The average Bonchev–Trinajstić information content (AvgIpc) is 2.25. The third kappa shape index (κ3) is 7.43. The zero-order valence-electron chi connectivity index (χ0n) is 10.7. The van der Waals surface area contributed by atoms with Gasteiger partial charge in [-0.1, -0.05) is 13.8 Å². The lowest BCUT2D eigenvalue weighted by molar-refractivity contribution is -0.137. The molecule has 6 heteroatoms. The Bertz CT molecular complexity index is 372. The fourth-order valence-corrected chi connectivity index (χ4v) is 1.26. The predicted molar refractivity (Wildman–Crippen MR) is 67.9 cm³/mol. The highest BCUT2D eigenvalue weighted by Gasteiger charge is 2.13. The lowest BCUT2D eigenvalue weighted by Crippen LogP contribution is -2.16. The number of rotatable bonds is 7. The molecule has 0 saturated carbocycles. The van der Waals surface area contributed by atoms with Crippen molar-refractivity contribution in [1.82, 2.24) is 0 Å². The summed E-state index contributed by atoms with van der Waals surface area (Å²) in [5.74, 6) is -1.89. The van der Waals surface area contributed by atoms with Crippen LogP contribution >= 0.6 is 0 Å². The smallest absolute Gasteiger partial charge is 0.303 e. The van der Waals surface area contributed by atoms with Crippen LogP contribution in [0.1, 0.15) is 39.5 Å². The fraction of sp³-hybridized carbons (Fsp3) is 0.583. The molecule has 0 radical (unpaired) electrons. The Balaban J connectivity index is 4.53. The van der Waals surface area contributed by atoms with Crippen molar-refractivity contribution in [3.63, 3.8) is 0 Å². The van der Waals surface area contributed by atoms with Gasteiger partial charge >= 0.3 is 5.97 Å². The van der Waals surface area contributed by atoms with Crippen LogP contribution in [0.3, 0.4) is 0 Å². The first kappa shape index (κ1) is 16.1. The molecule has 0 atom stereocenters. The molecular formula is C12H18N2O4. The SMILES string of the molecule is C=NC(=O)C(CC(C)C)=NC(=O)CCCC(=O)O. The summed E-state index contributed by atoms with van der Waals surface area (Å²) in [6.45, 7) is 6.89. The van der Waals surface area contributed by atoms with Crippen LogP contribution in [0, 0.1) is 5.92 Å². The van der Waals surface area contributed by atoms with Crippen molar-refractivity contribution in [3.8, 4) is 0 Å². The Kier molecular flexibility index (Phi) is 7.42. The average molecular weight is 254 g/mol. The first-order valence-corrected chi connectivity index (χ1v) is 5.70. The van der Waals surface area contributed by atoms with Gasteiger partial charge in [-0.15, -0.1) is 0 Å². The van der Waals surface area contributed by atoms with Crippen molar-refractivity contribution in [2.45, 2.75) is 39.5 Å². The van der Waals surface area contributed by atoms with Crippen LogP contribution in [0.15, 0.2) is 9.98 Å². The summed E-state index contributed by atoms with van der Waals surface area (Å²) in [6.07, 6.45) is 0.484. The zero-order chi connectivity index (χ0) is 14.1. The standard InChI is InChI=1S/C12H18N2O4/c1-8(2)7-9(12(18)13-3)14-10(15)5-4-6-11(16)17/h8H,3-7H2,1-2H3,(H,16,17). The molecule has 6 nitrogen and oxygen atoms in total. The fourth-order valence-electron chi connectivity index (χ4n) is 1.26. The topological polar surface area (TPSA) is 96.2 Å². The molecule has 0 saturated heterocycles. The molecule has 0 fully saturated rings. The van der Waals surface area contributed by atoms with E-state index in [4.69, 9.17) is 5.11 Å².